The van der Waals surface area contributed by atoms with Gasteiger partial charge < -0.3 is 9.64 Å². The molecule has 1 aliphatic carbocycles. The van der Waals surface area contributed by atoms with Gasteiger partial charge in [0, 0.05) is 17.1 Å². The van der Waals surface area contributed by atoms with Crippen LogP contribution < -0.4 is 4.90 Å². The smallest absolute Gasteiger partial charge is 0.313 e. The van der Waals surface area contributed by atoms with Crippen LogP contribution in [0.3, 0.4) is 0 Å². The highest BCUT2D eigenvalue weighted by Gasteiger charge is 2.76. The zero-order valence-corrected chi connectivity index (χ0v) is 14.2. The van der Waals surface area contributed by atoms with E-state index in [1.54, 1.807) is 0 Å². The quantitative estimate of drug-likeness (QED) is 0.749. The summed E-state index contributed by atoms with van der Waals surface area (Å²) >= 11 is 0. The van der Waals surface area contributed by atoms with Gasteiger partial charge in [-0.2, -0.15) is 0 Å². The number of rotatable bonds is 1. The van der Waals surface area contributed by atoms with Crippen LogP contribution in [0, 0.1) is 10.8 Å². The summed E-state index contributed by atoms with van der Waals surface area (Å²) < 4.78 is 5.77. The Bertz CT molecular complexity index is 725. The van der Waals surface area contributed by atoms with Crippen molar-refractivity contribution in [2.45, 2.75) is 58.6 Å². The van der Waals surface area contributed by atoms with Crippen molar-refractivity contribution < 1.29 is 14.3 Å². The molecule has 122 valence electrons. The third-order valence-electron chi connectivity index (χ3n) is 6.86. The Hall–Kier alpha value is -1.84. The van der Waals surface area contributed by atoms with Gasteiger partial charge in [0.2, 0.25) is 0 Å². The van der Waals surface area contributed by atoms with Gasteiger partial charge in [-0.3, -0.25) is 9.59 Å². The van der Waals surface area contributed by atoms with Gasteiger partial charge in [-0.05, 0) is 44.7 Å². The number of amides is 1. The molecule has 0 spiro atoms. The number of hydrogen-bond donors (Lipinski definition) is 0. The number of ether oxygens (including phenoxy) is 1. The molecule has 0 aromatic heterocycles. The Morgan fingerprint density at radius 2 is 1.91 bits per heavy atom. The highest BCUT2D eigenvalue weighted by Crippen LogP contribution is 2.66. The fourth-order valence-corrected chi connectivity index (χ4v) is 4.79. The standard InChI is InChI=1S/C19H23NO3/c1-12-11-13-7-5-6-8-14(13)20(12)15(21)19-10-9-18(4,16(22)23-19)17(19,2)3/h5-8,12H,9-11H2,1-4H3. The molecule has 1 saturated carbocycles. The zero-order valence-electron chi connectivity index (χ0n) is 14.2. The highest BCUT2D eigenvalue weighted by atomic mass is 16.6. The van der Waals surface area contributed by atoms with Crippen molar-refractivity contribution in [1.29, 1.82) is 0 Å². The molecule has 3 unspecified atom stereocenters. The molecule has 3 aliphatic rings. The van der Waals surface area contributed by atoms with Gasteiger partial charge in [0.15, 0.2) is 5.60 Å². The molecule has 1 amide bonds. The van der Waals surface area contributed by atoms with Gasteiger partial charge in [-0.1, -0.05) is 32.0 Å². The number of esters is 1. The van der Waals surface area contributed by atoms with E-state index in [9.17, 15) is 9.59 Å². The highest BCUT2D eigenvalue weighted by molar-refractivity contribution is 6.06. The van der Waals surface area contributed by atoms with Crippen molar-refractivity contribution in [2.24, 2.45) is 10.8 Å². The first kappa shape index (κ1) is 14.7. The minimum atomic E-state index is -1.02. The largest absolute Gasteiger partial charge is 0.448 e. The number of anilines is 1. The molecule has 2 bridgehead atoms. The summed E-state index contributed by atoms with van der Waals surface area (Å²) in [5.41, 5.74) is 0.0700. The molecule has 2 heterocycles. The van der Waals surface area contributed by atoms with Gasteiger partial charge in [-0.15, -0.1) is 0 Å². The SMILES string of the molecule is CC1Cc2ccccc2N1C(=O)C12CCC(C)(C(=O)O1)C2(C)C. The number of nitrogens with zero attached hydrogens (tertiary/aromatic N) is 1. The average molecular weight is 313 g/mol. The van der Waals surface area contributed by atoms with Crippen LogP contribution in [-0.2, 0) is 20.7 Å². The maximum atomic E-state index is 13.6. The fourth-order valence-electron chi connectivity index (χ4n) is 4.79. The maximum Gasteiger partial charge on any atom is 0.313 e. The topological polar surface area (TPSA) is 46.6 Å². The van der Waals surface area contributed by atoms with Crippen molar-refractivity contribution in [1.82, 2.24) is 0 Å². The summed E-state index contributed by atoms with van der Waals surface area (Å²) in [5.74, 6) is -0.267. The van der Waals surface area contributed by atoms with Crippen molar-refractivity contribution in [3.05, 3.63) is 29.8 Å². The normalized spacial score (nSPS) is 37.0. The van der Waals surface area contributed by atoms with E-state index in [0.717, 1.165) is 12.1 Å². The van der Waals surface area contributed by atoms with Gasteiger partial charge in [-0.25, -0.2) is 0 Å². The monoisotopic (exact) mass is 313 g/mol. The molecular formula is C19H23NO3. The number of carbonyl (C=O) groups is 2. The van der Waals surface area contributed by atoms with E-state index in [-0.39, 0.29) is 17.9 Å². The lowest BCUT2D eigenvalue weighted by molar-refractivity contribution is -0.167. The molecule has 23 heavy (non-hydrogen) atoms. The number of fused-ring (bicyclic) bond motifs is 3. The van der Waals surface area contributed by atoms with Crippen LogP contribution in [0.5, 0.6) is 0 Å². The second-order valence-corrected chi connectivity index (χ2v) is 8.03. The summed E-state index contributed by atoms with van der Waals surface area (Å²) in [5, 5.41) is 0. The van der Waals surface area contributed by atoms with Crippen LogP contribution in [-0.4, -0.2) is 23.5 Å². The van der Waals surface area contributed by atoms with Crippen LogP contribution in [0.1, 0.15) is 46.1 Å². The lowest BCUT2D eigenvalue weighted by atomic mass is 9.66. The summed E-state index contributed by atoms with van der Waals surface area (Å²) in [6, 6.07) is 8.12. The first-order valence-electron chi connectivity index (χ1n) is 8.40. The van der Waals surface area contributed by atoms with Gasteiger partial charge in [0.1, 0.15) is 0 Å². The lowest BCUT2D eigenvalue weighted by Gasteiger charge is -2.39. The third kappa shape index (κ3) is 1.47. The van der Waals surface area contributed by atoms with E-state index in [1.165, 1.54) is 5.56 Å². The Kier molecular flexibility index (Phi) is 2.67. The first-order valence-corrected chi connectivity index (χ1v) is 8.40. The minimum absolute atomic E-state index is 0.0467. The molecule has 2 aliphatic heterocycles. The van der Waals surface area contributed by atoms with Crippen LogP contribution in [0.2, 0.25) is 0 Å². The van der Waals surface area contributed by atoms with Crippen LogP contribution in [0.15, 0.2) is 24.3 Å². The van der Waals surface area contributed by atoms with Crippen molar-refractivity contribution in [2.75, 3.05) is 4.90 Å². The van der Waals surface area contributed by atoms with E-state index in [1.807, 2.05) is 43.9 Å². The first-order chi connectivity index (χ1) is 10.7. The molecule has 0 N–H and O–H groups in total. The Morgan fingerprint density at radius 3 is 2.52 bits per heavy atom. The van der Waals surface area contributed by atoms with Crippen molar-refractivity contribution >= 4 is 17.6 Å². The van der Waals surface area contributed by atoms with Gasteiger partial charge in [0.05, 0.1) is 5.41 Å². The Balaban J connectivity index is 1.80. The fraction of sp³-hybridized carbons (Fsp3) is 0.579. The molecule has 1 aromatic carbocycles. The molecule has 1 saturated heterocycles. The number of para-hydroxylation sites is 1. The van der Waals surface area contributed by atoms with Gasteiger partial charge >= 0.3 is 5.97 Å². The van der Waals surface area contributed by atoms with Gasteiger partial charge in [0.25, 0.3) is 5.91 Å². The molecular weight excluding hydrogens is 290 g/mol. The lowest BCUT2D eigenvalue weighted by Crippen LogP contribution is -2.56. The van der Waals surface area contributed by atoms with E-state index in [2.05, 4.69) is 13.0 Å². The zero-order chi connectivity index (χ0) is 16.6. The molecule has 4 rings (SSSR count). The summed E-state index contributed by atoms with van der Waals surface area (Å²) in [4.78, 5) is 27.8. The molecule has 3 atom stereocenters. The maximum absolute atomic E-state index is 13.6. The second kappa shape index (κ2) is 4.16. The van der Waals surface area contributed by atoms with E-state index < -0.39 is 16.4 Å². The summed E-state index contributed by atoms with van der Waals surface area (Å²) in [6.07, 6.45) is 2.19. The number of carbonyl (C=O) groups excluding carboxylic acids is 2. The molecule has 0 radical (unpaired) electrons. The van der Waals surface area contributed by atoms with E-state index in [4.69, 9.17) is 4.74 Å². The summed E-state index contributed by atoms with van der Waals surface area (Å²) in [7, 11) is 0. The predicted octanol–water partition coefficient (Wildman–Crippen LogP) is 3.09. The second-order valence-electron chi connectivity index (χ2n) is 8.03. The molecule has 1 aromatic rings. The van der Waals surface area contributed by atoms with Crippen LogP contribution in [0.4, 0.5) is 5.69 Å². The number of benzene rings is 1. The molecule has 4 nitrogen and oxygen atoms in total. The van der Waals surface area contributed by atoms with Crippen molar-refractivity contribution in [3.8, 4) is 0 Å². The van der Waals surface area contributed by atoms with E-state index in [0.29, 0.717) is 12.8 Å². The average Bonchev–Trinajstić information content (AvgIpc) is 2.99. The van der Waals surface area contributed by atoms with Crippen LogP contribution >= 0.6 is 0 Å². The predicted molar refractivity (Wildman–Crippen MR) is 87.0 cm³/mol. The number of hydrogen-bond acceptors (Lipinski definition) is 3. The molecule has 2 fully saturated rings. The van der Waals surface area contributed by atoms with E-state index >= 15 is 0 Å². The Morgan fingerprint density at radius 1 is 1.22 bits per heavy atom. The minimum Gasteiger partial charge on any atom is -0.448 e. The van der Waals surface area contributed by atoms with Crippen LogP contribution in [0.25, 0.3) is 0 Å². The molecule has 4 heteroatoms. The Labute approximate surface area is 136 Å². The third-order valence-corrected chi connectivity index (χ3v) is 6.86. The van der Waals surface area contributed by atoms with Crippen molar-refractivity contribution in [3.63, 3.8) is 0 Å². The summed E-state index contributed by atoms with van der Waals surface area (Å²) in [6.45, 7) is 8.02.